The van der Waals surface area contributed by atoms with Gasteiger partial charge in [-0.2, -0.15) is 0 Å². The molecule has 0 saturated carbocycles. The van der Waals surface area contributed by atoms with Crippen molar-refractivity contribution in [3.8, 4) is 44.5 Å². The van der Waals surface area contributed by atoms with Crippen molar-refractivity contribution in [2.24, 2.45) is 0 Å². The maximum atomic E-state index is 2.44. The molecule has 0 nitrogen and oxygen atoms in total. The summed E-state index contributed by atoms with van der Waals surface area (Å²) in [6.45, 7) is 0. The Kier molecular flexibility index (Phi) is 7.06. The molecule has 1 aliphatic rings. The lowest BCUT2D eigenvalue weighted by molar-refractivity contribution is 1.04. The van der Waals surface area contributed by atoms with Crippen LogP contribution in [0.4, 0.5) is 0 Å². The van der Waals surface area contributed by atoms with E-state index in [4.69, 9.17) is 0 Å². The lowest BCUT2D eigenvalue weighted by atomic mass is 9.83. The maximum Gasteiger partial charge on any atom is -0.00199 e. The molecule has 0 radical (unpaired) electrons. The third kappa shape index (κ3) is 4.94. The zero-order chi connectivity index (χ0) is 31.9. The summed E-state index contributed by atoms with van der Waals surface area (Å²) < 4.78 is 0. The summed E-state index contributed by atoms with van der Waals surface area (Å²) in [6, 6.07) is 60.3. The van der Waals surface area contributed by atoms with Gasteiger partial charge < -0.3 is 0 Å². The monoisotopic (exact) mass is 610 g/mol. The molecule has 0 heteroatoms. The van der Waals surface area contributed by atoms with Crippen LogP contribution in [0.15, 0.2) is 182 Å². The van der Waals surface area contributed by atoms with Crippen molar-refractivity contribution in [2.75, 3.05) is 0 Å². The molecule has 0 spiro atoms. The molecule has 0 N–H and O–H groups in total. The van der Waals surface area contributed by atoms with E-state index in [1.54, 1.807) is 0 Å². The number of fused-ring (bicyclic) bond motifs is 3. The SMILES string of the molecule is C1=CC(c2cc(-c3ccccc3)cc(-c3cc(-c4c5ccccc5c(-c5ccccc5)c5ccccc45)c4ccccc4c3)c2)=CCC1. The highest BCUT2D eigenvalue weighted by atomic mass is 14.2. The Morgan fingerprint density at radius 3 is 1.46 bits per heavy atom. The van der Waals surface area contributed by atoms with Crippen molar-refractivity contribution in [2.45, 2.75) is 12.8 Å². The van der Waals surface area contributed by atoms with E-state index in [0.29, 0.717) is 0 Å². The highest BCUT2D eigenvalue weighted by Gasteiger charge is 2.19. The van der Waals surface area contributed by atoms with Crippen LogP contribution < -0.4 is 0 Å². The maximum absolute atomic E-state index is 2.44. The fourth-order valence-corrected chi connectivity index (χ4v) is 7.60. The first kappa shape index (κ1) is 28.3. The molecular weight excluding hydrogens is 577 g/mol. The second kappa shape index (κ2) is 12.0. The van der Waals surface area contributed by atoms with Crippen LogP contribution in [0.3, 0.4) is 0 Å². The molecule has 1 aliphatic carbocycles. The van der Waals surface area contributed by atoms with E-state index < -0.39 is 0 Å². The Hall–Kier alpha value is -5.98. The van der Waals surface area contributed by atoms with Gasteiger partial charge in [-0.05, 0) is 131 Å². The zero-order valence-electron chi connectivity index (χ0n) is 26.7. The summed E-state index contributed by atoms with van der Waals surface area (Å²) in [7, 11) is 0. The van der Waals surface area contributed by atoms with Gasteiger partial charge in [-0.1, -0.05) is 152 Å². The Morgan fingerprint density at radius 2 is 0.833 bits per heavy atom. The first-order valence-corrected chi connectivity index (χ1v) is 16.9. The van der Waals surface area contributed by atoms with Crippen molar-refractivity contribution in [1.82, 2.24) is 0 Å². The van der Waals surface area contributed by atoms with Gasteiger partial charge in [0.2, 0.25) is 0 Å². The van der Waals surface area contributed by atoms with Gasteiger partial charge in [0.15, 0.2) is 0 Å². The quantitative estimate of drug-likeness (QED) is 0.170. The van der Waals surface area contributed by atoms with Gasteiger partial charge in [-0.3, -0.25) is 0 Å². The second-order valence-corrected chi connectivity index (χ2v) is 12.8. The van der Waals surface area contributed by atoms with Crippen LogP contribution in [0.5, 0.6) is 0 Å². The summed E-state index contributed by atoms with van der Waals surface area (Å²) in [4.78, 5) is 0. The molecule has 0 aromatic heterocycles. The summed E-state index contributed by atoms with van der Waals surface area (Å²) in [5.74, 6) is 0. The summed E-state index contributed by atoms with van der Waals surface area (Å²) >= 11 is 0. The van der Waals surface area contributed by atoms with Crippen LogP contribution in [0.25, 0.3) is 82.4 Å². The van der Waals surface area contributed by atoms with Gasteiger partial charge in [-0.25, -0.2) is 0 Å². The molecular formula is C48H34. The molecule has 8 aromatic rings. The van der Waals surface area contributed by atoms with Crippen LogP contribution in [0, 0.1) is 0 Å². The largest absolute Gasteiger partial charge is 0.0836 e. The summed E-state index contributed by atoms with van der Waals surface area (Å²) in [5, 5.41) is 7.60. The lowest BCUT2D eigenvalue weighted by Crippen LogP contribution is -1.93. The molecule has 0 aliphatic heterocycles. The number of allylic oxidation sites excluding steroid dienone is 4. The highest BCUT2D eigenvalue weighted by molar-refractivity contribution is 6.23. The van der Waals surface area contributed by atoms with E-state index in [0.717, 1.165) is 12.8 Å². The third-order valence-corrected chi connectivity index (χ3v) is 9.83. The minimum atomic E-state index is 1.08. The van der Waals surface area contributed by atoms with E-state index >= 15 is 0 Å². The van der Waals surface area contributed by atoms with Crippen molar-refractivity contribution in [3.05, 3.63) is 188 Å². The molecule has 0 amide bonds. The Labute approximate surface area is 282 Å². The molecule has 0 fully saturated rings. The van der Waals surface area contributed by atoms with Crippen LogP contribution in [0.2, 0.25) is 0 Å². The van der Waals surface area contributed by atoms with Crippen molar-refractivity contribution in [1.29, 1.82) is 0 Å². The van der Waals surface area contributed by atoms with E-state index in [1.807, 2.05) is 0 Å². The van der Waals surface area contributed by atoms with Crippen molar-refractivity contribution < 1.29 is 0 Å². The second-order valence-electron chi connectivity index (χ2n) is 12.8. The molecule has 8 aromatic carbocycles. The van der Waals surface area contributed by atoms with E-state index in [2.05, 4.69) is 182 Å². The number of hydrogen-bond acceptors (Lipinski definition) is 0. The van der Waals surface area contributed by atoms with Gasteiger partial charge in [0.05, 0.1) is 0 Å². The molecule has 0 saturated heterocycles. The Bertz CT molecular complexity index is 2470. The van der Waals surface area contributed by atoms with E-state index in [9.17, 15) is 0 Å². The molecule has 226 valence electrons. The minimum absolute atomic E-state index is 1.08. The average Bonchev–Trinajstić information content (AvgIpc) is 3.17. The van der Waals surface area contributed by atoms with Gasteiger partial charge in [-0.15, -0.1) is 0 Å². The highest BCUT2D eigenvalue weighted by Crippen LogP contribution is 2.46. The van der Waals surface area contributed by atoms with Gasteiger partial charge >= 0.3 is 0 Å². The van der Waals surface area contributed by atoms with Crippen molar-refractivity contribution in [3.63, 3.8) is 0 Å². The topological polar surface area (TPSA) is 0 Å². The normalized spacial score (nSPS) is 12.9. The standard InChI is InChI=1S/C48H34/c1-4-16-33(17-5-1)37-29-38(34-18-6-2-7-19-34)31-39(30-37)40-28-36-22-10-11-23-41(36)46(32-40)48-44-26-14-12-24-42(44)47(35-20-8-3-9-21-35)43-25-13-15-27-45(43)48/h1,3-6,8-32H,2,7H2. The predicted octanol–water partition coefficient (Wildman–Crippen LogP) is 13.5. The molecule has 0 atom stereocenters. The first-order valence-electron chi connectivity index (χ1n) is 16.9. The number of benzene rings is 8. The Morgan fingerprint density at radius 1 is 0.333 bits per heavy atom. The number of hydrogen-bond donors (Lipinski definition) is 0. The fraction of sp³-hybridized carbons (Fsp3) is 0.0417. The number of rotatable bonds is 5. The van der Waals surface area contributed by atoms with Gasteiger partial charge in [0.1, 0.15) is 0 Å². The molecule has 48 heavy (non-hydrogen) atoms. The van der Waals surface area contributed by atoms with E-state index in [1.165, 1.54) is 88.0 Å². The molecule has 0 heterocycles. The smallest absolute Gasteiger partial charge is 0.00199 e. The van der Waals surface area contributed by atoms with E-state index in [-0.39, 0.29) is 0 Å². The van der Waals surface area contributed by atoms with Crippen LogP contribution in [-0.4, -0.2) is 0 Å². The van der Waals surface area contributed by atoms with Crippen LogP contribution >= 0.6 is 0 Å². The fourth-order valence-electron chi connectivity index (χ4n) is 7.60. The summed E-state index contributed by atoms with van der Waals surface area (Å²) in [6.07, 6.45) is 9.15. The minimum Gasteiger partial charge on any atom is -0.0836 e. The van der Waals surface area contributed by atoms with Crippen LogP contribution in [-0.2, 0) is 0 Å². The first-order chi connectivity index (χ1) is 23.8. The molecule has 0 bridgehead atoms. The Balaban J connectivity index is 1.35. The van der Waals surface area contributed by atoms with Gasteiger partial charge in [0.25, 0.3) is 0 Å². The summed E-state index contributed by atoms with van der Waals surface area (Å²) in [5.41, 5.74) is 12.6. The van der Waals surface area contributed by atoms with Gasteiger partial charge in [0, 0.05) is 0 Å². The lowest BCUT2D eigenvalue weighted by Gasteiger charge is -2.20. The van der Waals surface area contributed by atoms with Crippen molar-refractivity contribution >= 4 is 37.9 Å². The predicted molar refractivity (Wildman–Crippen MR) is 207 cm³/mol. The third-order valence-electron chi connectivity index (χ3n) is 9.83. The zero-order valence-corrected chi connectivity index (χ0v) is 26.7. The van der Waals surface area contributed by atoms with Crippen LogP contribution in [0.1, 0.15) is 18.4 Å². The molecule has 9 rings (SSSR count). The average molecular weight is 611 g/mol. The molecule has 0 unspecified atom stereocenters.